The van der Waals surface area contributed by atoms with Crippen molar-refractivity contribution in [3.05, 3.63) is 35.5 Å². The lowest BCUT2D eigenvalue weighted by molar-refractivity contribution is 0.102. The molecule has 0 saturated carbocycles. The van der Waals surface area contributed by atoms with Crippen molar-refractivity contribution < 1.29 is 19.2 Å². The van der Waals surface area contributed by atoms with Gasteiger partial charge in [0.15, 0.2) is 0 Å². The van der Waals surface area contributed by atoms with E-state index in [1.165, 1.54) is 19.2 Å². The van der Waals surface area contributed by atoms with E-state index in [4.69, 9.17) is 9.26 Å². The molecule has 1 aromatic carbocycles. The third kappa shape index (κ3) is 2.42. The van der Waals surface area contributed by atoms with Crippen molar-refractivity contribution in [1.29, 1.82) is 0 Å². The quantitative estimate of drug-likeness (QED) is 0.867. The fourth-order valence-corrected chi connectivity index (χ4v) is 1.43. The van der Waals surface area contributed by atoms with Crippen molar-refractivity contribution in [2.24, 2.45) is 0 Å². The van der Waals surface area contributed by atoms with Gasteiger partial charge in [0.05, 0.1) is 18.4 Å². The van der Waals surface area contributed by atoms with Gasteiger partial charge in [-0.2, -0.15) is 0 Å². The summed E-state index contributed by atoms with van der Waals surface area (Å²) in [7, 11) is 1.48. The predicted molar refractivity (Wildman–Crippen MR) is 63.9 cm³/mol. The highest BCUT2D eigenvalue weighted by molar-refractivity contribution is 6.05. The van der Waals surface area contributed by atoms with E-state index < -0.39 is 5.91 Å². The zero-order valence-corrected chi connectivity index (χ0v) is 9.93. The first-order chi connectivity index (χ1) is 8.60. The maximum Gasteiger partial charge on any atom is 0.261 e. The number of hydrogen-bond donors (Lipinski definition) is 2. The number of aromatic hydroxyl groups is 1. The molecule has 0 saturated heterocycles. The summed E-state index contributed by atoms with van der Waals surface area (Å²) in [5.41, 5.74) is 0.786. The third-order valence-electron chi connectivity index (χ3n) is 2.31. The number of anilines is 1. The zero-order valence-electron chi connectivity index (χ0n) is 9.93. The van der Waals surface area contributed by atoms with Crippen molar-refractivity contribution in [3.8, 4) is 11.5 Å². The fourth-order valence-electron chi connectivity index (χ4n) is 1.43. The molecule has 1 amide bonds. The maximum absolute atomic E-state index is 11.8. The number of aromatic nitrogens is 1. The number of amides is 1. The van der Waals surface area contributed by atoms with Crippen LogP contribution < -0.4 is 10.1 Å². The van der Waals surface area contributed by atoms with Crippen molar-refractivity contribution in [2.45, 2.75) is 6.92 Å². The van der Waals surface area contributed by atoms with E-state index in [1.54, 1.807) is 19.1 Å². The Morgan fingerprint density at radius 2 is 2.22 bits per heavy atom. The second-order valence-electron chi connectivity index (χ2n) is 3.67. The summed E-state index contributed by atoms with van der Waals surface area (Å²) in [4.78, 5) is 11.8. The molecule has 0 fully saturated rings. The van der Waals surface area contributed by atoms with E-state index in [9.17, 15) is 9.90 Å². The molecule has 1 heterocycles. The molecule has 0 spiro atoms. The van der Waals surface area contributed by atoms with Gasteiger partial charge < -0.3 is 14.4 Å². The molecule has 0 aliphatic heterocycles. The van der Waals surface area contributed by atoms with Crippen LogP contribution in [-0.2, 0) is 0 Å². The van der Waals surface area contributed by atoms with Crippen LogP contribution in [0.2, 0.25) is 0 Å². The summed E-state index contributed by atoms with van der Waals surface area (Å²) in [5, 5.41) is 15.8. The first-order valence-electron chi connectivity index (χ1n) is 5.22. The Kier molecular flexibility index (Phi) is 3.18. The van der Waals surface area contributed by atoms with E-state index in [2.05, 4.69) is 10.5 Å². The number of carbonyl (C=O) groups excluding carboxylic acids is 1. The second-order valence-corrected chi connectivity index (χ2v) is 3.67. The summed E-state index contributed by atoms with van der Waals surface area (Å²) in [5.74, 6) is 0.0571. The SMILES string of the molecule is COc1ccc(C(=O)Nc2cc(C)no2)c(O)c1. The highest BCUT2D eigenvalue weighted by atomic mass is 16.5. The monoisotopic (exact) mass is 248 g/mol. The molecular weight excluding hydrogens is 236 g/mol. The van der Waals surface area contributed by atoms with Crippen LogP contribution >= 0.6 is 0 Å². The summed E-state index contributed by atoms with van der Waals surface area (Å²) in [6.07, 6.45) is 0. The molecule has 6 nitrogen and oxygen atoms in total. The van der Waals surface area contributed by atoms with Gasteiger partial charge in [-0.3, -0.25) is 10.1 Å². The molecule has 18 heavy (non-hydrogen) atoms. The van der Waals surface area contributed by atoms with Crippen molar-refractivity contribution in [1.82, 2.24) is 5.16 Å². The molecular formula is C12H12N2O4. The molecule has 1 aromatic heterocycles. The van der Waals surface area contributed by atoms with Crippen LogP contribution in [0.5, 0.6) is 11.5 Å². The van der Waals surface area contributed by atoms with Gasteiger partial charge in [-0.1, -0.05) is 5.16 Å². The number of phenolic OH excluding ortho intramolecular Hbond substituents is 1. The molecule has 0 unspecified atom stereocenters. The third-order valence-corrected chi connectivity index (χ3v) is 2.31. The molecule has 94 valence electrons. The molecule has 2 rings (SSSR count). The lowest BCUT2D eigenvalue weighted by Crippen LogP contribution is -2.11. The van der Waals surface area contributed by atoms with Crippen LogP contribution in [-0.4, -0.2) is 23.3 Å². The van der Waals surface area contributed by atoms with E-state index in [0.29, 0.717) is 11.4 Å². The van der Waals surface area contributed by atoms with Gasteiger partial charge in [-0.15, -0.1) is 0 Å². The zero-order chi connectivity index (χ0) is 13.1. The fraction of sp³-hybridized carbons (Fsp3) is 0.167. The number of benzene rings is 1. The first kappa shape index (κ1) is 12.0. The van der Waals surface area contributed by atoms with Crippen LogP contribution in [0.15, 0.2) is 28.8 Å². The molecule has 2 N–H and O–H groups in total. The minimum Gasteiger partial charge on any atom is -0.507 e. The lowest BCUT2D eigenvalue weighted by atomic mass is 10.2. The number of nitrogens with one attached hydrogen (secondary N) is 1. The molecule has 0 aliphatic carbocycles. The standard InChI is InChI=1S/C12H12N2O4/c1-7-5-11(18-14-7)13-12(16)9-4-3-8(17-2)6-10(9)15/h3-6,15H,1-2H3,(H,13,16). The van der Waals surface area contributed by atoms with Crippen LogP contribution in [0, 0.1) is 6.92 Å². The lowest BCUT2D eigenvalue weighted by Gasteiger charge is -2.05. The number of nitrogens with zero attached hydrogens (tertiary/aromatic N) is 1. The number of rotatable bonds is 3. The Hall–Kier alpha value is -2.50. The number of hydrogen-bond acceptors (Lipinski definition) is 5. The Balaban J connectivity index is 2.18. The molecule has 6 heteroatoms. The summed E-state index contributed by atoms with van der Waals surface area (Å²) in [6, 6.07) is 5.99. The minimum atomic E-state index is -0.480. The Morgan fingerprint density at radius 1 is 1.44 bits per heavy atom. The second kappa shape index (κ2) is 4.79. The Labute approximate surface area is 103 Å². The highest BCUT2D eigenvalue weighted by Crippen LogP contribution is 2.24. The predicted octanol–water partition coefficient (Wildman–Crippen LogP) is 1.95. The van der Waals surface area contributed by atoms with E-state index in [1.807, 2.05) is 0 Å². The highest BCUT2D eigenvalue weighted by Gasteiger charge is 2.14. The van der Waals surface area contributed by atoms with E-state index in [-0.39, 0.29) is 17.2 Å². The van der Waals surface area contributed by atoms with Gasteiger partial charge >= 0.3 is 0 Å². The number of methoxy groups -OCH3 is 1. The molecule has 0 atom stereocenters. The molecule has 2 aromatic rings. The summed E-state index contributed by atoms with van der Waals surface area (Å²) < 4.78 is 9.78. The normalized spacial score (nSPS) is 10.1. The largest absolute Gasteiger partial charge is 0.507 e. The van der Waals surface area contributed by atoms with Crippen LogP contribution in [0.1, 0.15) is 16.1 Å². The minimum absolute atomic E-state index is 0.129. The van der Waals surface area contributed by atoms with Crippen LogP contribution in [0.4, 0.5) is 5.88 Å². The topological polar surface area (TPSA) is 84.6 Å². The summed E-state index contributed by atoms with van der Waals surface area (Å²) in [6.45, 7) is 1.74. The molecule has 0 bridgehead atoms. The maximum atomic E-state index is 11.8. The number of phenols is 1. The van der Waals surface area contributed by atoms with Gasteiger partial charge in [0.2, 0.25) is 5.88 Å². The Bertz CT molecular complexity index is 577. The van der Waals surface area contributed by atoms with Crippen LogP contribution in [0.25, 0.3) is 0 Å². The molecule has 0 radical (unpaired) electrons. The number of ether oxygens (including phenoxy) is 1. The van der Waals surface area contributed by atoms with Gasteiger partial charge in [-0.25, -0.2) is 0 Å². The van der Waals surface area contributed by atoms with Gasteiger partial charge in [0.1, 0.15) is 11.5 Å². The average Bonchev–Trinajstić information content (AvgIpc) is 2.74. The van der Waals surface area contributed by atoms with Gasteiger partial charge in [0, 0.05) is 12.1 Å². The Morgan fingerprint density at radius 3 is 2.78 bits per heavy atom. The van der Waals surface area contributed by atoms with E-state index in [0.717, 1.165) is 0 Å². The van der Waals surface area contributed by atoms with Crippen molar-refractivity contribution in [3.63, 3.8) is 0 Å². The van der Waals surface area contributed by atoms with E-state index >= 15 is 0 Å². The molecule has 0 aliphatic rings. The number of aryl methyl sites for hydroxylation is 1. The smallest absolute Gasteiger partial charge is 0.261 e. The summed E-state index contributed by atoms with van der Waals surface area (Å²) >= 11 is 0. The van der Waals surface area contributed by atoms with Gasteiger partial charge in [-0.05, 0) is 19.1 Å². The van der Waals surface area contributed by atoms with Crippen molar-refractivity contribution in [2.75, 3.05) is 12.4 Å². The van der Waals surface area contributed by atoms with Crippen LogP contribution in [0.3, 0.4) is 0 Å². The van der Waals surface area contributed by atoms with Gasteiger partial charge in [0.25, 0.3) is 5.91 Å². The average molecular weight is 248 g/mol. The number of carbonyl (C=O) groups is 1. The first-order valence-corrected chi connectivity index (χ1v) is 5.22. The van der Waals surface area contributed by atoms with Crippen molar-refractivity contribution >= 4 is 11.8 Å².